The van der Waals surface area contributed by atoms with Crippen LogP contribution in [0.5, 0.6) is 17.2 Å². The first-order chi connectivity index (χ1) is 23.4. The minimum absolute atomic E-state index is 0. The zero-order valence-electron chi connectivity index (χ0n) is 29.2. The molecule has 0 aliphatic carbocycles. The molecule has 0 heterocycles. The van der Waals surface area contributed by atoms with Crippen molar-refractivity contribution in [3.63, 3.8) is 0 Å². The van der Waals surface area contributed by atoms with Gasteiger partial charge in [-0.25, -0.2) is 0 Å². The average Bonchev–Trinajstić information content (AvgIpc) is 3.76. The van der Waals surface area contributed by atoms with E-state index in [1.165, 1.54) is 16.2 Å². The summed E-state index contributed by atoms with van der Waals surface area (Å²) in [5.41, 5.74) is 6.72. The van der Waals surface area contributed by atoms with Crippen LogP contribution in [-0.4, -0.2) is 15.3 Å². The van der Waals surface area contributed by atoms with Crippen LogP contribution in [0.3, 0.4) is 0 Å². The third kappa shape index (κ3) is 9.16. The summed E-state index contributed by atoms with van der Waals surface area (Å²) in [6.45, 7) is 0. The number of phenolic OH excluding ortho intramolecular Hbond substituents is 3. The van der Waals surface area contributed by atoms with Crippen molar-refractivity contribution in [3.05, 3.63) is 146 Å². The van der Waals surface area contributed by atoms with Crippen molar-refractivity contribution in [2.75, 3.05) is 0 Å². The second-order valence-electron chi connectivity index (χ2n) is 13.0. The summed E-state index contributed by atoms with van der Waals surface area (Å²) in [4.78, 5) is 0. The van der Waals surface area contributed by atoms with Gasteiger partial charge in [-0.3, -0.25) is 0 Å². The maximum atomic E-state index is 10.1. The molecule has 0 unspecified atom stereocenters. The Bertz CT molecular complexity index is 2630. The van der Waals surface area contributed by atoms with Crippen LogP contribution in [0, 0.1) is 248 Å². The van der Waals surface area contributed by atoms with E-state index in [-0.39, 0.29) is 265 Å². The monoisotopic (exact) mass is 1460 g/mol. The summed E-state index contributed by atoms with van der Waals surface area (Å²) in [5, 5.41) is 43.7. The minimum Gasteiger partial charge on any atom is -0.516 e. The molecule has 0 atom stereocenters. The predicted molar refractivity (Wildman–Crippen MR) is 200 cm³/mol. The third-order valence-corrected chi connectivity index (χ3v) is 10.00. The maximum absolute atomic E-state index is 10.1. The van der Waals surface area contributed by atoms with Crippen molar-refractivity contribution in [1.82, 2.24) is 0 Å². The molecule has 0 amide bonds. The predicted octanol–water partition coefficient (Wildman–Crippen LogP) is 11.9. The number of fused-ring (bicyclic) bond motifs is 9. The van der Waals surface area contributed by atoms with Crippen molar-refractivity contribution in [1.29, 1.82) is 0 Å². The molecule has 3 nitrogen and oxygen atoms in total. The average molecular weight is 1460 g/mol. The van der Waals surface area contributed by atoms with Gasteiger partial charge in [-0.05, 0) is 53.1 Å². The van der Waals surface area contributed by atoms with E-state index in [1.54, 1.807) is 18.2 Å². The summed E-state index contributed by atoms with van der Waals surface area (Å²) in [7, 11) is 0. The molecule has 3 N–H and O–H groups in total. The van der Waals surface area contributed by atoms with Gasteiger partial charge in [0.2, 0.25) is 0 Å². The Labute approximate surface area is 512 Å². The minimum atomic E-state index is 0. The first-order valence-electron chi connectivity index (χ1n) is 16.1. The molecule has 6 radical (unpaired) electrons. The second-order valence-corrected chi connectivity index (χ2v) is 13.0. The van der Waals surface area contributed by atoms with Crippen LogP contribution in [0.15, 0.2) is 146 Å². The topological polar surface area (TPSA) is 60.7 Å². The molecule has 10 rings (SSSR count). The molecule has 0 aromatic heterocycles. The number of hydrogen-bond donors (Lipinski definition) is 3. The first kappa shape index (κ1) is 48.4. The van der Waals surface area contributed by atoms with E-state index in [1.807, 2.05) is 36.4 Å². The fourth-order valence-corrected chi connectivity index (χ4v) is 7.70. The normalized spacial score (nSPS) is 10.7. The van der Waals surface area contributed by atoms with Crippen LogP contribution in [0.1, 0.15) is 0 Å². The summed E-state index contributed by atoms with van der Waals surface area (Å²) >= 11 is 0. The Morgan fingerprint density at radius 1 is 0.241 bits per heavy atom. The van der Waals surface area contributed by atoms with Crippen LogP contribution < -0.4 is 0 Å². The number of phenols is 3. The van der Waals surface area contributed by atoms with Crippen molar-refractivity contribution < 1.29 is 263 Å². The van der Waals surface area contributed by atoms with Crippen molar-refractivity contribution in [2.45, 2.75) is 0 Å². The zero-order valence-corrected chi connectivity index (χ0v) is 51.4. The third-order valence-electron chi connectivity index (χ3n) is 10.00. The molecule has 0 saturated carbocycles. The van der Waals surface area contributed by atoms with Gasteiger partial charge >= 0.3 is 0 Å². The standard InChI is InChI=1S/C45H27O3.6Pr/c46-37-4-10-43-34(22-37)19-31-13-25(1-7-40(31)43)28-16-29(26-2-8-41-32(14-26)20-35-23-38(47)5-11-44(35)41)18-30(17-28)27-3-9-42-33(15-27)21-36-24-39(48)6-12-45(36)42;;;;;;/h1-24,46-48H;;;;;;/q-3;;;;;;. The number of benzene rings is 7. The van der Waals surface area contributed by atoms with Crippen LogP contribution >= 0.6 is 0 Å². The van der Waals surface area contributed by atoms with Gasteiger partial charge < -0.3 is 15.3 Å². The van der Waals surface area contributed by atoms with Crippen molar-refractivity contribution in [2.24, 2.45) is 0 Å². The SMILES string of the molecule is Oc1ccc2c(c1)[cH-]c1cc(-c3cc(-c4ccc5c(c4)[cH-]c4cc(O)ccc45)cc(-c4ccc5c(c4)[cH-]c4cc(O)ccc45)c3)ccc12.[Pr].[Pr].[Pr].[Pr].[Pr].[Pr]. The molecule has 54 heavy (non-hydrogen) atoms. The van der Waals surface area contributed by atoms with E-state index >= 15 is 0 Å². The van der Waals surface area contributed by atoms with Gasteiger partial charge in [-0.15, -0.1) is 101 Å². The Kier molecular flexibility index (Phi) is 18.0. The molecule has 0 spiro atoms. The molecule has 0 saturated heterocycles. The summed E-state index contributed by atoms with van der Waals surface area (Å²) in [6.07, 6.45) is 0. The van der Waals surface area contributed by atoms with Gasteiger partial charge in [0, 0.05) is 248 Å². The van der Waals surface area contributed by atoms with E-state index in [0.29, 0.717) is 0 Å². The fourth-order valence-electron chi connectivity index (χ4n) is 7.70. The quantitative estimate of drug-likeness (QED) is 0.155. The molecular formula is C45H27O3Pr6-3. The van der Waals surface area contributed by atoms with E-state index in [2.05, 4.69) is 91.0 Å². The van der Waals surface area contributed by atoms with Gasteiger partial charge in [0.15, 0.2) is 0 Å². The molecule has 10 aromatic rings. The fraction of sp³-hybridized carbons (Fsp3) is 0. The Morgan fingerprint density at radius 3 is 0.722 bits per heavy atom. The maximum Gasteiger partial charge on any atom is 0.0824 e. The molecule has 246 valence electrons. The molecule has 9 heteroatoms. The van der Waals surface area contributed by atoms with E-state index in [9.17, 15) is 15.3 Å². The summed E-state index contributed by atoms with van der Waals surface area (Å²) in [5.74, 6) is 0.815. The van der Waals surface area contributed by atoms with Crippen molar-refractivity contribution in [3.8, 4) is 50.6 Å². The zero-order chi connectivity index (χ0) is 32.1. The van der Waals surface area contributed by atoms with E-state index < -0.39 is 0 Å². The van der Waals surface area contributed by atoms with Gasteiger partial charge in [0.25, 0.3) is 0 Å². The molecule has 0 aliphatic heterocycles. The van der Waals surface area contributed by atoms with Gasteiger partial charge in [0.1, 0.15) is 0 Å². The van der Waals surface area contributed by atoms with E-state index in [4.69, 9.17) is 0 Å². The summed E-state index contributed by atoms with van der Waals surface area (Å²) < 4.78 is 0. The molecule has 0 bridgehead atoms. The van der Waals surface area contributed by atoms with Gasteiger partial charge in [0.05, 0.1) is 17.2 Å². The molecule has 0 aliphatic rings. The number of rotatable bonds is 3. The van der Waals surface area contributed by atoms with Crippen molar-refractivity contribution >= 4 is 64.6 Å². The smallest absolute Gasteiger partial charge is 0.0824 e. The van der Waals surface area contributed by atoms with Gasteiger partial charge in [-0.1, -0.05) is 89.5 Å². The first-order valence-corrected chi connectivity index (χ1v) is 16.1. The van der Waals surface area contributed by atoms with Crippen LogP contribution in [0.25, 0.3) is 98.0 Å². The largest absolute Gasteiger partial charge is 0.516 e. The Balaban J connectivity index is 0.00000108. The van der Waals surface area contributed by atoms with E-state index in [0.717, 1.165) is 81.9 Å². The molecule has 0 fully saturated rings. The van der Waals surface area contributed by atoms with Crippen LogP contribution in [0.2, 0.25) is 0 Å². The second kappa shape index (κ2) is 20.1. The Morgan fingerprint density at radius 2 is 0.463 bits per heavy atom. The Hall–Kier alpha value is 1.73. The number of hydrogen-bond acceptors (Lipinski definition) is 3. The molecular weight excluding hydrogens is 1430 g/mol. The van der Waals surface area contributed by atoms with Crippen LogP contribution in [0.4, 0.5) is 0 Å². The number of aromatic hydroxyl groups is 3. The van der Waals surface area contributed by atoms with Gasteiger partial charge in [-0.2, -0.15) is 0 Å². The van der Waals surface area contributed by atoms with Crippen LogP contribution in [-0.2, 0) is 0 Å². The summed E-state index contributed by atoms with van der Waals surface area (Å²) in [6, 6.07) is 49.8. The molecule has 10 aromatic carbocycles.